The molecule has 0 aliphatic carbocycles. The van der Waals surface area contributed by atoms with Gasteiger partial charge in [-0.1, -0.05) is 31.2 Å². The zero-order valence-corrected chi connectivity index (χ0v) is 18.4. The number of amides is 1. The highest BCUT2D eigenvalue weighted by atomic mass is 32.2. The Balaban J connectivity index is 1.73. The predicted octanol–water partition coefficient (Wildman–Crippen LogP) is 2.89. The van der Waals surface area contributed by atoms with Gasteiger partial charge in [-0.3, -0.25) is 9.10 Å². The van der Waals surface area contributed by atoms with Gasteiger partial charge in [0.1, 0.15) is 11.9 Å². The maximum Gasteiger partial charge on any atom is 0.246 e. The minimum Gasteiger partial charge on any atom is -0.366 e. The lowest BCUT2D eigenvalue weighted by Gasteiger charge is -2.39. The minimum absolute atomic E-state index is 0.256. The van der Waals surface area contributed by atoms with Crippen LogP contribution in [-0.2, 0) is 21.2 Å². The van der Waals surface area contributed by atoms with Crippen LogP contribution in [0.4, 0.5) is 15.8 Å². The van der Waals surface area contributed by atoms with E-state index in [9.17, 15) is 17.6 Å². The number of hydrogen-bond acceptors (Lipinski definition) is 4. The Morgan fingerprint density at radius 2 is 1.67 bits per heavy atom. The summed E-state index contributed by atoms with van der Waals surface area (Å²) in [6.07, 6.45) is 1.96. The van der Waals surface area contributed by atoms with Crippen molar-refractivity contribution in [2.24, 2.45) is 0 Å². The van der Waals surface area contributed by atoms with Gasteiger partial charge in [-0.05, 0) is 43.2 Å². The molecule has 0 bridgehead atoms. The molecule has 162 valence electrons. The van der Waals surface area contributed by atoms with E-state index in [2.05, 4.69) is 0 Å². The van der Waals surface area contributed by atoms with Crippen molar-refractivity contribution in [1.82, 2.24) is 4.90 Å². The van der Waals surface area contributed by atoms with Gasteiger partial charge in [-0.15, -0.1) is 0 Å². The molecule has 30 heavy (non-hydrogen) atoms. The van der Waals surface area contributed by atoms with E-state index in [4.69, 9.17) is 0 Å². The fraction of sp³-hybridized carbons (Fsp3) is 0.409. The van der Waals surface area contributed by atoms with Crippen LogP contribution >= 0.6 is 0 Å². The Bertz CT molecular complexity index is 987. The molecule has 3 rings (SSSR count). The number of hydrogen-bond donors (Lipinski definition) is 0. The van der Waals surface area contributed by atoms with Gasteiger partial charge in [0.15, 0.2) is 0 Å². The van der Waals surface area contributed by atoms with Crippen molar-refractivity contribution in [3.63, 3.8) is 0 Å². The summed E-state index contributed by atoms with van der Waals surface area (Å²) < 4.78 is 40.2. The first kappa shape index (κ1) is 22.1. The normalized spacial score (nSPS) is 15.7. The van der Waals surface area contributed by atoms with Crippen LogP contribution in [0, 0.1) is 5.82 Å². The van der Waals surface area contributed by atoms with E-state index in [1.807, 2.05) is 24.0 Å². The van der Waals surface area contributed by atoms with Crippen LogP contribution in [-0.4, -0.2) is 57.7 Å². The number of sulfonamides is 1. The summed E-state index contributed by atoms with van der Waals surface area (Å²) in [5.74, 6) is -0.544. The van der Waals surface area contributed by atoms with Gasteiger partial charge in [-0.2, -0.15) is 0 Å². The Morgan fingerprint density at radius 1 is 1.07 bits per heavy atom. The number of para-hydroxylation sites is 1. The Labute approximate surface area is 177 Å². The standard InChI is InChI=1S/C22H28FN3O3S/c1-4-18-9-11-19(12-10-18)26(30(3,28)29)17(2)22(27)25-15-13-24(14-16-25)21-8-6-5-7-20(21)23/h5-12,17H,4,13-16H2,1-3H3/t17-/m1/s1. The first-order valence-electron chi connectivity index (χ1n) is 10.1. The highest BCUT2D eigenvalue weighted by Crippen LogP contribution is 2.24. The van der Waals surface area contributed by atoms with E-state index in [0.717, 1.165) is 18.2 Å². The smallest absolute Gasteiger partial charge is 0.246 e. The van der Waals surface area contributed by atoms with E-state index in [1.165, 1.54) is 10.4 Å². The number of rotatable bonds is 6. The molecule has 0 spiro atoms. The van der Waals surface area contributed by atoms with Crippen LogP contribution in [0.5, 0.6) is 0 Å². The molecule has 0 radical (unpaired) electrons. The van der Waals surface area contributed by atoms with Gasteiger partial charge in [0.05, 0.1) is 17.6 Å². The number of carbonyl (C=O) groups excluding carboxylic acids is 1. The summed E-state index contributed by atoms with van der Waals surface area (Å²) in [5, 5.41) is 0. The van der Waals surface area contributed by atoms with E-state index < -0.39 is 16.1 Å². The number of benzene rings is 2. The van der Waals surface area contributed by atoms with Gasteiger partial charge < -0.3 is 9.80 Å². The molecule has 8 heteroatoms. The van der Waals surface area contributed by atoms with E-state index in [0.29, 0.717) is 37.6 Å². The molecule has 1 saturated heterocycles. The summed E-state index contributed by atoms with van der Waals surface area (Å²) in [4.78, 5) is 16.7. The van der Waals surface area contributed by atoms with Crippen molar-refractivity contribution < 1.29 is 17.6 Å². The van der Waals surface area contributed by atoms with Crippen molar-refractivity contribution in [2.45, 2.75) is 26.3 Å². The molecule has 0 unspecified atom stereocenters. The fourth-order valence-corrected chi connectivity index (χ4v) is 4.99. The van der Waals surface area contributed by atoms with Crippen molar-refractivity contribution in [3.8, 4) is 0 Å². The maximum atomic E-state index is 14.0. The number of piperazine rings is 1. The lowest BCUT2D eigenvalue weighted by atomic mass is 10.1. The summed E-state index contributed by atoms with van der Waals surface area (Å²) in [6, 6.07) is 12.9. The summed E-state index contributed by atoms with van der Waals surface area (Å²) in [7, 11) is -3.65. The molecule has 2 aromatic rings. The molecular weight excluding hydrogens is 405 g/mol. The summed E-state index contributed by atoms with van der Waals surface area (Å²) in [6.45, 7) is 5.43. The third kappa shape index (κ3) is 4.75. The highest BCUT2D eigenvalue weighted by Gasteiger charge is 2.33. The molecule has 1 aliphatic heterocycles. The van der Waals surface area contributed by atoms with Gasteiger partial charge in [0, 0.05) is 26.2 Å². The van der Waals surface area contributed by atoms with Crippen LogP contribution in [0.25, 0.3) is 0 Å². The fourth-order valence-electron chi connectivity index (χ4n) is 3.82. The second-order valence-electron chi connectivity index (χ2n) is 7.52. The van der Waals surface area contributed by atoms with Crippen molar-refractivity contribution in [1.29, 1.82) is 0 Å². The number of aryl methyl sites for hydroxylation is 1. The predicted molar refractivity (Wildman–Crippen MR) is 118 cm³/mol. The van der Waals surface area contributed by atoms with Crippen molar-refractivity contribution in [3.05, 3.63) is 59.9 Å². The Kier molecular flexibility index (Phi) is 6.65. The van der Waals surface area contributed by atoms with Crippen LogP contribution in [0.2, 0.25) is 0 Å². The van der Waals surface area contributed by atoms with Crippen molar-refractivity contribution >= 4 is 27.3 Å². The molecule has 1 fully saturated rings. The number of carbonyl (C=O) groups is 1. The Hall–Kier alpha value is -2.61. The Morgan fingerprint density at radius 3 is 2.20 bits per heavy atom. The van der Waals surface area contributed by atoms with Crippen LogP contribution in [0.15, 0.2) is 48.5 Å². The number of halogens is 1. The molecule has 1 amide bonds. The third-order valence-electron chi connectivity index (χ3n) is 5.45. The number of anilines is 2. The lowest BCUT2D eigenvalue weighted by molar-refractivity contribution is -0.132. The summed E-state index contributed by atoms with van der Waals surface area (Å²) in [5.41, 5.74) is 2.09. The van der Waals surface area contributed by atoms with Gasteiger partial charge in [0.25, 0.3) is 0 Å². The lowest BCUT2D eigenvalue weighted by Crippen LogP contribution is -2.55. The molecule has 1 aliphatic rings. The monoisotopic (exact) mass is 433 g/mol. The second-order valence-corrected chi connectivity index (χ2v) is 9.38. The average Bonchev–Trinajstić information content (AvgIpc) is 2.73. The highest BCUT2D eigenvalue weighted by molar-refractivity contribution is 7.92. The van der Waals surface area contributed by atoms with Gasteiger partial charge in [-0.25, -0.2) is 12.8 Å². The maximum absolute atomic E-state index is 14.0. The minimum atomic E-state index is -3.65. The molecule has 0 N–H and O–H groups in total. The van der Waals surface area contributed by atoms with Crippen LogP contribution in [0.1, 0.15) is 19.4 Å². The second kappa shape index (κ2) is 9.04. The molecule has 2 aromatic carbocycles. The SMILES string of the molecule is CCc1ccc(N([C@H](C)C(=O)N2CCN(c3ccccc3F)CC2)S(C)(=O)=O)cc1. The summed E-state index contributed by atoms with van der Waals surface area (Å²) >= 11 is 0. The molecule has 0 saturated carbocycles. The molecule has 1 atom stereocenters. The third-order valence-corrected chi connectivity index (χ3v) is 6.69. The topological polar surface area (TPSA) is 60.9 Å². The van der Waals surface area contributed by atoms with E-state index in [1.54, 1.807) is 42.2 Å². The number of nitrogens with zero attached hydrogens (tertiary/aromatic N) is 3. The quantitative estimate of drug-likeness (QED) is 0.703. The first-order valence-corrected chi connectivity index (χ1v) is 11.9. The molecule has 6 nitrogen and oxygen atoms in total. The average molecular weight is 434 g/mol. The first-order chi connectivity index (χ1) is 14.2. The zero-order chi connectivity index (χ0) is 21.9. The molecule has 0 aromatic heterocycles. The molecule has 1 heterocycles. The van der Waals surface area contributed by atoms with Gasteiger partial charge >= 0.3 is 0 Å². The van der Waals surface area contributed by atoms with E-state index in [-0.39, 0.29) is 11.7 Å². The van der Waals surface area contributed by atoms with Gasteiger partial charge in [0.2, 0.25) is 15.9 Å². The van der Waals surface area contributed by atoms with E-state index >= 15 is 0 Å². The zero-order valence-electron chi connectivity index (χ0n) is 17.6. The van der Waals surface area contributed by atoms with Crippen LogP contribution < -0.4 is 9.21 Å². The van der Waals surface area contributed by atoms with Crippen LogP contribution in [0.3, 0.4) is 0 Å². The molecular formula is C22H28FN3O3S. The largest absolute Gasteiger partial charge is 0.366 e. The van der Waals surface area contributed by atoms with Crippen molar-refractivity contribution in [2.75, 3.05) is 41.6 Å².